The Morgan fingerprint density at radius 2 is 1.60 bits per heavy atom. The van der Waals surface area contributed by atoms with Gasteiger partial charge >= 0.3 is 6.18 Å². The minimum Gasteiger partial charge on any atom is -0.300 e. The Labute approximate surface area is 124 Å². The zero-order valence-electron chi connectivity index (χ0n) is 11.6. The smallest absolute Gasteiger partial charge is 0.300 e. The summed E-state index contributed by atoms with van der Waals surface area (Å²) >= 11 is 3.18. The van der Waals surface area contributed by atoms with Gasteiger partial charge in [-0.15, -0.1) is 0 Å². The van der Waals surface area contributed by atoms with Crippen LogP contribution in [0.25, 0.3) is 0 Å². The number of hydrogen-bond donors (Lipinski definition) is 1. The first-order chi connectivity index (χ1) is 8.99. The van der Waals surface area contributed by atoms with Gasteiger partial charge in [-0.1, -0.05) is 28.1 Å². The lowest BCUT2D eigenvalue weighted by Gasteiger charge is -2.28. The van der Waals surface area contributed by atoms with E-state index in [2.05, 4.69) is 21.2 Å². The Morgan fingerprint density at radius 1 is 1.10 bits per heavy atom. The topological polar surface area (TPSA) is 12.0 Å². The highest BCUT2D eigenvalue weighted by Gasteiger charge is 2.41. The van der Waals surface area contributed by atoms with E-state index in [1.807, 2.05) is 0 Å². The highest BCUT2D eigenvalue weighted by atomic mass is 79.9. The van der Waals surface area contributed by atoms with Crippen LogP contribution in [-0.2, 0) is 0 Å². The van der Waals surface area contributed by atoms with Crippen LogP contribution >= 0.6 is 15.9 Å². The van der Waals surface area contributed by atoms with Crippen molar-refractivity contribution in [2.24, 2.45) is 0 Å². The summed E-state index contributed by atoms with van der Waals surface area (Å²) in [6.45, 7) is 4.26. The summed E-state index contributed by atoms with van der Waals surface area (Å²) in [5.41, 5.74) is -1.40. The van der Waals surface area contributed by atoms with Crippen LogP contribution < -0.4 is 5.32 Å². The summed E-state index contributed by atoms with van der Waals surface area (Å²) in [7, 11) is 0. The molecule has 1 aromatic carbocycles. The molecule has 0 saturated heterocycles. The third-order valence-corrected chi connectivity index (χ3v) is 3.30. The van der Waals surface area contributed by atoms with Gasteiger partial charge in [-0.2, -0.15) is 13.2 Å². The van der Waals surface area contributed by atoms with Gasteiger partial charge in [-0.05, 0) is 44.9 Å². The number of alkyl halides is 4. The molecule has 0 aliphatic rings. The highest BCUT2D eigenvalue weighted by molar-refractivity contribution is 9.10. The van der Waals surface area contributed by atoms with E-state index in [4.69, 9.17) is 0 Å². The zero-order valence-corrected chi connectivity index (χ0v) is 13.1. The molecule has 0 aliphatic heterocycles. The van der Waals surface area contributed by atoms with Crippen LogP contribution in [0.1, 0.15) is 38.8 Å². The summed E-state index contributed by atoms with van der Waals surface area (Å²) in [6, 6.07) is 3.53. The Morgan fingerprint density at radius 3 is 2.00 bits per heavy atom. The fourth-order valence-corrected chi connectivity index (χ4v) is 2.37. The molecule has 0 bridgehead atoms. The number of rotatable bonds is 5. The second-order valence-corrected chi connectivity index (χ2v) is 6.43. The van der Waals surface area contributed by atoms with Crippen LogP contribution in [0.5, 0.6) is 0 Å². The van der Waals surface area contributed by atoms with Gasteiger partial charge < -0.3 is 0 Å². The molecule has 0 amide bonds. The van der Waals surface area contributed by atoms with E-state index < -0.39 is 23.9 Å². The quantitative estimate of drug-likeness (QED) is 0.718. The molecule has 114 valence electrons. The molecule has 0 fully saturated rings. The maximum atomic E-state index is 13.5. The summed E-state index contributed by atoms with van der Waals surface area (Å²) in [5, 5.41) is 2.47. The first-order valence-electron chi connectivity index (χ1n) is 6.26. The summed E-state index contributed by atoms with van der Waals surface area (Å²) < 4.78 is 53.6. The SMILES string of the molecule is C[C@@H](CC(C)(C)F)N[C@@H](c1ccc(Br)cc1)C(F)(F)F. The first kappa shape index (κ1) is 17.4. The molecule has 0 heterocycles. The van der Waals surface area contributed by atoms with Crippen molar-refractivity contribution < 1.29 is 17.6 Å². The Balaban J connectivity index is 2.89. The predicted molar refractivity (Wildman–Crippen MR) is 75.3 cm³/mol. The average Bonchev–Trinajstić information content (AvgIpc) is 2.23. The minimum absolute atomic E-state index is 0.0100. The fourth-order valence-electron chi connectivity index (χ4n) is 2.11. The van der Waals surface area contributed by atoms with Gasteiger partial charge in [-0.3, -0.25) is 5.32 Å². The maximum absolute atomic E-state index is 13.5. The molecule has 1 nitrogen and oxygen atoms in total. The van der Waals surface area contributed by atoms with Gasteiger partial charge in [-0.25, -0.2) is 4.39 Å². The molecule has 0 radical (unpaired) electrons. The molecule has 0 aliphatic carbocycles. The number of nitrogens with one attached hydrogen (secondary N) is 1. The molecule has 0 saturated carbocycles. The van der Waals surface area contributed by atoms with Gasteiger partial charge in [0.2, 0.25) is 0 Å². The van der Waals surface area contributed by atoms with Crippen molar-refractivity contribution in [1.29, 1.82) is 0 Å². The molecule has 0 unspecified atom stereocenters. The average molecular weight is 356 g/mol. The Hall–Kier alpha value is -0.620. The van der Waals surface area contributed by atoms with Crippen molar-refractivity contribution in [3.05, 3.63) is 34.3 Å². The van der Waals surface area contributed by atoms with Crippen LogP contribution in [-0.4, -0.2) is 17.9 Å². The molecule has 6 heteroatoms. The van der Waals surface area contributed by atoms with Crippen molar-refractivity contribution in [1.82, 2.24) is 5.32 Å². The van der Waals surface area contributed by atoms with E-state index in [-0.39, 0.29) is 12.0 Å². The summed E-state index contributed by atoms with van der Waals surface area (Å²) in [4.78, 5) is 0. The van der Waals surface area contributed by atoms with Gasteiger partial charge in [0.05, 0.1) is 0 Å². The summed E-state index contributed by atoms with van der Waals surface area (Å²) in [6.07, 6.45) is -4.42. The molecule has 2 atom stereocenters. The van der Waals surface area contributed by atoms with Gasteiger partial charge in [0.25, 0.3) is 0 Å². The first-order valence-corrected chi connectivity index (χ1v) is 7.05. The lowest BCUT2D eigenvalue weighted by molar-refractivity contribution is -0.160. The zero-order chi connectivity index (χ0) is 15.6. The number of halogens is 5. The van der Waals surface area contributed by atoms with E-state index in [1.165, 1.54) is 26.0 Å². The second-order valence-electron chi connectivity index (χ2n) is 5.52. The van der Waals surface area contributed by atoms with Gasteiger partial charge in [0, 0.05) is 10.5 Å². The van der Waals surface area contributed by atoms with Crippen molar-refractivity contribution >= 4 is 15.9 Å². The van der Waals surface area contributed by atoms with Crippen molar-refractivity contribution in [2.45, 2.75) is 51.1 Å². The third-order valence-electron chi connectivity index (χ3n) is 2.77. The summed E-state index contributed by atoms with van der Waals surface area (Å²) in [5.74, 6) is 0. The van der Waals surface area contributed by atoms with E-state index in [1.54, 1.807) is 19.1 Å². The van der Waals surface area contributed by atoms with Crippen LogP contribution in [0.4, 0.5) is 17.6 Å². The molecule has 0 aromatic heterocycles. The van der Waals surface area contributed by atoms with Crippen molar-refractivity contribution in [2.75, 3.05) is 0 Å². The predicted octanol–water partition coefficient (Wildman–Crippen LogP) is 5.17. The molecule has 1 N–H and O–H groups in total. The Bertz CT molecular complexity index is 422. The van der Waals surface area contributed by atoms with Crippen molar-refractivity contribution in [3.8, 4) is 0 Å². The van der Waals surface area contributed by atoms with Gasteiger partial charge in [0.15, 0.2) is 0 Å². The number of benzene rings is 1. The third kappa shape index (κ3) is 5.79. The second kappa shape index (κ2) is 6.43. The molecular weight excluding hydrogens is 338 g/mol. The molecule has 1 rings (SSSR count). The van der Waals surface area contributed by atoms with E-state index in [0.29, 0.717) is 4.47 Å². The minimum atomic E-state index is -4.43. The van der Waals surface area contributed by atoms with Crippen molar-refractivity contribution in [3.63, 3.8) is 0 Å². The van der Waals surface area contributed by atoms with Gasteiger partial charge in [0.1, 0.15) is 11.7 Å². The highest BCUT2D eigenvalue weighted by Crippen LogP contribution is 2.34. The van der Waals surface area contributed by atoms with Crippen LogP contribution in [0.15, 0.2) is 28.7 Å². The molecule has 20 heavy (non-hydrogen) atoms. The largest absolute Gasteiger partial charge is 0.407 e. The normalized spacial score (nSPS) is 16.0. The van der Waals surface area contributed by atoms with Crippen LogP contribution in [0.2, 0.25) is 0 Å². The molecule has 0 spiro atoms. The molecular formula is C14H18BrF4N. The van der Waals surface area contributed by atoms with E-state index >= 15 is 0 Å². The lowest BCUT2D eigenvalue weighted by atomic mass is 9.99. The lowest BCUT2D eigenvalue weighted by Crippen LogP contribution is -2.41. The fraction of sp³-hybridized carbons (Fsp3) is 0.571. The Kier molecular flexibility index (Phi) is 5.61. The van der Waals surface area contributed by atoms with E-state index in [0.717, 1.165) is 0 Å². The monoisotopic (exact) mass is 355 g/mol. The van der Waals surface area contributed by atoms with Crippen LogP contribution in [0, 0.1) is 0 Å². The standard InChI is InChI=1S/C14H18BrF4N/c1-9(8-13(2,3)16)20-12(14(17,18)19)10-4-6-11(15)7-5-10/h4-7,9,12,20H,8H2,1-3H3/t9-,12-/m0/s1. The van der Waals surface area contributed by atoms with Crippen LogP contribution in [0.3, 0.4) is 0 Å². The molecule has 1 aromatic rings. The van der Waals surface area contributed by atoms with E-state index in [9.17, 15) is 17.6 Å². The maximum Gasteiger partial charge on any atom is 0.407 e. The number of hydrogen-bond acceptors (Lipinski definition) is 1.